The first-order chi connectivity index (χ1) is 12.1. The number of rotatable bonds is 4. The summed E-state index contributed by atoms with van der Waals surface area (Å²) in [5.41, 5.74) is 1.64. The number of carbonyl (C=O) groups excluding carboxylic acids is 1. The van der Waals surface area contributed by atoms with E-state index in [9.17, 15) is 4.79 Å². The van der Waals surface area contributed by atoms with Crippen LogP contribution in [0.1, 0.15) is 48.7 Å². The highest BCUT2D eigenvalue weighted by molar-refractivity contribution is 7.14. The Hall–Kier alpha value is -1.99. The highest BCUT2D eigenvalue weighted by Crippen LogP contribution is 2.40. The van der Waals surface area contributed by atoms with Gasteiger partial charge in [0.2, 0.25) is 0 Å². The Morgan fingerprint density at radius 3 is 2.68 bits per heavy atom. The number of carbonyl (C=O) groups is 1. The largest absolute Gasteiger partial charge is 0.372 e. The van der Waals surface area contributed by atoms with Gasteiger partial charge in [0.05, 0.1) is 23.5 Å². The number of nitrogens with zero attached hydrogens (tertiary/aromatic N) is 3. The van der Waals surface area contributed by atoms with E-state index in [-0.39, 0.29) is 18.1 Å². The van der Waals surface area contributed by atoms with Gasteiger partial charge in [0.15, 0.2) is 5.13 Å². The molecule has 3 heterocycles. The third kappa shape index (κ3) is 3.82. The number of amides is 1. The van der Waals surface area contributed by atoms with Crippen molar-refractivity contribution in [3.05, 3.63) is 35.0 Å². The quantitative estimate of drug-likeness (QED) is 0.908. The van der Waals surface area contributed by atoms with E-state index < -0.39 is 0 Å². The monoisotopic (exact) mass is 358 g/mol. The van der Waals surface area contributed by atoms with Crippen LogP contribution in [0, 0.1) is 0 Å². The van der Waals surface area contributed by atoms with E-state index in [1.807, 2.05) is 17.5 Å². The van der Waals surface area contributed by atoms with Crippen molar-refractivity contribution in [2.45, 2.75) is 44.8 Å². The Bertz CT molecular complexity index is 747. The molecule has 1 saturated heterocycles. The Labute approximate surface area is 151 Å². The van der Waals surface area contributed by atoms with Gasteiger partial charge in [-0.3, -0.25) is 10.1 Å². The summed E-state index contributed by atoms with van der Waals surface area (Å²) in [6, 6.07) is 3.72. The van der Waals surface area contributed by atoms with Crippen molar-refractivity contribution < 1.29 is 9.53 Å². The van der Waals surface area contributed by atoms with Crippen molar-refractivity contribution in [2.24, 2.45) is 0 Å². The Kier molecular flexibility index (Phi) is 4.43. The molecule has 1 N–H and O–H groups in total. The van der Waals surface area contributed by atoms with Crippen LogP contribution in [0.2, 0.25) is 0 Å². The second kappa shape index (κ2) is 6.72. The van der Waals surface area contributed by atoms with Gasteiger partial charge in [-0.1, -0.05) is 0 Å². The normalized spacial score (nSPS) is 23.5. The van der Waals surface area contributed by atoms with Crippen molar-refractivity contribution in [1.82, 2.24) is 9.97 Å². The lowest BCUT2D eigenvalue weighted by Crippen LogP contribution is -2.45. The zero-order chi connectivity index (χ0) is 17.4. The zero-order valence-electron chi connectivity index (χ0n) is 14.4. The molecule has 0 bridgehead atoms. The molecule has 4 rings (SSSR count). The van der Waals surface area contributed by atoms with Crippen LogP contribution in [0.5, 0.6) is 0 Å². The molecule has 0 aromatic carbocycles. The summed E-state index contributed by atoms with van der Waals surface area (Å²) >= 11 is 1.48. The number of thiazole rings is 1. The molecule has 2 fully saturated rings. The number of ether oxygens (including phenoxy) is 1. The van der Waals surface area contributed by atoms with Gasteiger partial charge >= 0.3 is 0 Å². The number of pyridine rings is 1. The molecule has 2 aromatic heterocycles. The Morgan fingerprint density at radius 2 is 2.04 bits per heavy atom. The second-order valence-corrected chi connectivity index (χ2v) is 7.73. The van der Waals surface area contributed by atoms with Gasteiger partial charge in [0.1, 0.15) is 5.82 Å². The van der Waals surface area contributed by atoms with E-state index in [1.54, 1.807) is 6.20 Å². The average molecular weight is 358 g/mol. The van der Waals surface area contributed by atoms with Crippen LogP contribution >= 0.6 is 11.3 Å². The van der Waals surface area contributed by atoms with Gasteiger partial charge in [-0.05, 0) is 38.8 Å². The van der Waals surface area contributed by atoms with Gasteiger partial charge in [-0.2, -0.15) is 0 Å². The van der Waals surface area contributed by atoms with Crippen LogP contribution in [-0.4, -0.2) is 41.2 Å². The lowest BCUT2D eigenvalue weighted by Gasteiger charge is -2.36. The lowest BCUT2D eigenvalue weighted by atomic mass is 10.2. The van der Waals surface area contributed by atoms with E-state index in [0.717, 1.165) is 24.6 Å². The van der Waals surface area contributed by atoms with E-state index in [1.165, 1.54) is 24.2 Å². The molecule has 2 aromatic rings. The lowest BCUT2D eigenvalue weighted by molar-refractivity contribution is -0.00546. The van der Waals surface area contributed by atoms with E-state index >= 15 is 0 Å². The molecule has 1 aliphatic carbocycles. The summed E-state index contributed by atoms with van der Waals surface area (Å²) in [6.07, 6.45) is 4.41. The molecule has 1 saturated carbocycles. The third-order valence-electron chi connectivity index (χ3n) is 4.49. The number of nitrogens with one attached hydrogen (secondary N) is 1. The summed E-state index contributed by atoms with van der Waals surface area (Å²) in [4.78, 5) is 23.5. The van der Waals surface area contributed by atoms with Gasteiger partial charge in [0.25, 0.3) is 5.91 Å². The van der Waals surface area contributed by atoms with Gasteiger partial charge < -0.3 is 9.64 Å². The fourth-order valence-electron chi connectivity index (χ4n) is 3.15. The first-order valence-corrected chi connectivity index (χ1v) is 9.59. The van der Waals surface area contributed by atoms with Crippen LogP contribution in [0.25, 0.3) is 0 Å². The second-order valence-electron chi connectivity index (χ2n) is 6.87. The van der Waals surface area contributed by atoms with E-state index in [0.29, 0.717) is 16.6 Å². The van der Waals surface area contributed by atoms with E-state index in [4.69, 9.17) is 4.74 Å². The summed E-state index contributed by atoms with van der Waals surface area (Å²) in [5.74, 6) is 1.31. The van der Waals surface area contributed by atoms with Crippen molar-refractivity contribution >= 4 is 28.2 Å². The molecule has 6 nitrogen and oxygen atoms in total. The smallest absolute Gasteiger partial charge is 0.259 e. The van der Waals surface area contributed by atoms with Crippen molar-refractivity contribution in [3.63, 3.8) is 0 Å². The standard InChI is InChI=1S/C18H22N4O2S/c1-11-8-22(9-12(2)24-11)16-6-5-14(7-19-16)17(23)21-18-20-15(10-25-18)13-3-4-13/h5-7,10-13H,3-4,8-9H2,1-2H3,(H,20,21,23)/t11-,12+. The first-order valence-electron chi connectivity index (χ1n) is 8.71. The third-order valence-corrected chi connectivity index (χ3v) is 5.27. The summed E-state index contributed by atoms with van der Waals surface area (Å²) in [6.45, 7) is 5.75. The maximum absolute atomic E-state index is 12.4. The van der Waals surface area contributed by atoms with Crippen LogP contribution in [0.4, 0.5) is 10.9 Å². The van der Waals surface area contributed by atoms with Crippen molar-refractivity contribution in [2.75, 3.05) is 23.3 Å². The summed E-state index contributed by atoms with van der Waals surface area (Å²) in [7, 11) is 0. The SMILES string of the molecule is C[C@@H]1CN(c2ccc(C(=O)Nc3nc(C4CC4)cs3)cn2)C[C@H](C)O1. The van der Waals surface area contributed by atoms with Gasteiger partial charge in [0, 0.05) is 30.6 Å². The number of hydrogen-bond donors (Lipinski definition) is 1. The maximum atomic E-state index is 12.4. The number of hydrogen-bond acceptors (Lipinski definition) is 6. The summed E-state index contributed by atoms with van der Waals surface area (Å²) < 4.78 is 5.75. The number of anilines is 2. The number of morpholine rings is 1. The molecule has 0 spiro atoms. The molecule has 2 aliphatic rings. The Morgan fingerprint density at radius 1 is 1.28 bits per heavy atom. The predicted molar refractivity (Wildman–Crippen MR) is 98.5 cm³/mol. The topological polar surface area (TPSA) is 67.4 Å². The molecular weight excluding hydrogens is 336 g/mol. The van der Waals surface area contributed by atoms with Crippen LogP contribution in [0.15, 0.2) is 23.7 Å². The predicted octanol–water partition coefficient (Wildman–Crippen LogP) is 3.28. The fourth-order valence-corrected chi connectivity index (χ4v) is 3.94. The molecule has 2 atom stereocenters. The molecule has 1 aliphatic heterocycles. The molecule has 1 amide bonds. The fraction of sp³-hybridized carbons (Fsp3) is 0.500. The molecule has 7 heteroatoms. The minimum Gasteiger partial charge on any atom is -0.372 e. The molecule has 132 valence electrons. The van der Waals surface area contributed by atoms with Gasteiger partial charge in [-0.25, -0.2) is 9.97 Å². The minimum atomic E-state index is -0.167. The van der Waals surface area contributed by atoms with E-state index in [2.05, 4.69) is 34.0 Å². The number of aromatic nitrogens is 2. The maximum Gasteiger partial charge on any atom is 0.259 e. The van der Waals surface area contributed by atoms with Gasteiger partial charge in [-0.15, -0.1) is 11.3 Å². The van der Waals surface area contributed by atoms with Crippen LogP contribution in [-0.2, 0) is 4.74 Å². The highest BCUT2D eigenvalue weighted by Gasteiger charge is 2.26. The van der Waals surface area contributed by atoms with Crippen LogP contribution < -0.4 is 10.2 Å². The highest BCUT2D eigenvalue weighted by atomic mass is 32.1. The van der Waals surface area contributed by atoms with Crippen molar-refractivity contribution in [3.8, 4) is 0 Å². The Balaban J connectivity index is 1.41. The average Bonchev–Trinajstić information content (AvgIpc) is 3.34. The zero-order valence-corrected chi connectivity index (χ0v) is 15.3. The van der Waals surface area contributed by atoms with Crippen LogP contribution in [0.3, 0.4) is 0 Å². The molecule has 25 heavy (non-hydrogen) atoms. The molecule has 0 radical (unpaired) electrons. The summed E-state index contributed by atoms with van der Waals surface area (Å²) in [5, 5.41) is 5.57. The molecular formula is C18H22N4O2S. The molecule has 0 unspecified atom stereocenters. The minimum absolute atomic E-state index is 0.167. The first kappa shape index (κ1) is 16.5. The van der Waals surface area contributed by atoms with Crippen molar-refractivity contribution in [1.29, 1.82) is 0 Å².